The summed E-state index contributed by atoms with van der Waals surface area (Å²) in [6, 6.07) is 18.9. The van der Waals surface area contributed by atoms with Crippen molar-refractivity contribution in [2.45, 2.75) is 18.9 Å². The summed E-state index contributed by atoms with van der Waals surface area (Å²) in [6.07, 6.45) is 0.222. The van der Waals surface area contributed by atoms with Gasteiger partial charge in [-0.2, -0.15) is 0 Å². The fourth-order valence-electron chi connectivity index (χ4n) is 2.48. The topological polar surface area (TPSA) is 9.23 Å². The Bertz CT molecular complexity index is 490. The Morgan fingerprint density at radius 1 is 0.875 bits per heavy atom. The van der Waals surface area contributed by atoms with Crippen LogP contribution in [0.4, 0.5) is 0 Å². The summed E-state index contributed by atoms with van der Waals surface area (Å²) in [5.74, 6) is 1.40. The Kier molecular flexibility index (Phi) is 2.17. The zero-order valence-electron chi connectivity index (χ0n) is 9.26. The second-order valence-corrected chi connectivity index (χ2v) is 4.25. The molecule has 0 fully saturated rings. The van der Waals surface area contributed by atoms with E-state index in [2.05, 4.69) is 55.5 Å². The maximum atomic E-state index is 5.87. The van der Waals surface area contributed by atoms with Gasteiger partial charge in [0.05, 0.1) is 0 Å². The van der Waals surface area contributed by atoms with Gasteiger partial charge in [0.25, 0.3) is 0 Å². The summed E-state index contributed by atoms with van der Waals surface area (Å²) in [7, 11) is 0. The number of para-hydroxylation sites is 1. The van der Waals surface area contributed by atoms with Crippen LogP contribution in [-0.2, 0) is 0 Å². The zero-order valence-corrected chi connectivity index (χ0v) is 9.26. The van der Waals surface area contributed by atoms with E-state index in [1.165, 1.54) is 11.1 Å². The third-order valence-corrected chi connectivity index (χ3v) is 3.20. The molecule has 16 heavy (non-hydrogen) atoms. The van der Waals surface area contributed by atoms with Crippen molar-refractivity contribution in [3.8, 4) is 5.75 Å². The van der Waals surface area contributed by atoms with Crippen LogP contribution in [0.2, 0.25) is 0 Å². The molecule has 0 unspecified atom stereocenters. The van der Waals surface area contributed by atoms with Crippen LogP contribution >= 0.6 is 0 Å². The average Bonchev–Trinajstić information content (AvgIpc) is 2.66. The van der Waals surface area contributed by atoms with Crippen LogP contribution in [0.5, 0.6) is 5.75 Å². The minimum Gasteiger partial charge on any atom is -0.489 e. The molecule has 0 aromatic heterocycles. The van der Waals surface area contributed by atoms with Crippen LogP contribution in [0.25, 0.3) is 0 Å². The normalized spacial score (nSPS) is 22.6. The second-order valence-electron chi connectivity index (χ2n) is 4.25. The van der Waals surface area contributed by atoms with Gasteiger partial charge < -0.3 is 4.74 Å². The van der Waals surface area contributed by atoms with Crippen molar-refractivity contribution in [3.63, 3.8) is 0 Å². The van der Waals surface area contributed by atoms with Crippen LogP contribution < -0.4 is 4.74 Å². The molecule has 1 aliphatic rings. The number of hydrogen-bond acceptors (Lipinski definition) is 1. The van der Waals surface area contributed by atoms with Gasteiger partial charge in [-0.25, -0.2) is 0 Å². The lowest BCUT2D eigenvalue weighted by atomic mass is 9.89. The fraction of sp³-hybridized carbons (Fsp3) is 0.200. The van der Waals surface area contributed by atoms with Crippen molar-refractivity contribution >= 4 is 0 Å². The predicted molar refractivity (Wildman–Crippen MR) is 64.8 cm³/mol. The predicted octanol–water partition coefficient (Wildman–Crippen LogP) is 3.60. The van der Waals surface area contributed by atoms with Crippen LogP contribution in [-0.4, -0.2) is 6.10 Å². The standard InChI is InChI=1S/C15H14O/c1-11-15(12-7-3-2-4-8-12)13-9-5-6-10-14(13)16-11/h2-11,15H,1H3/t11-,15-/m0/s1. The van der Waals surface area contributed by atoms with Crippen molar-refractivity contribution in [2.75, 3.05) is 0 Å². The molecule has 1 heterocycles. The Labute approximate surface area is 95.7 Å². The summed E-state index contributed by atoms with van der Waals surface area (Å²) < 4.78 is 5.87. The van der Waals surface area contributed by atoms with E-state index < -0.39 is 0 Å². The molecule has 1 aliphatic heterocycles. The van der Waals surface area contributed by atoms with Gasteiger partial charge in [0, 0.05) is 11.5 Å². The SMILES string of the molecule is C[C@@H]1Oc2ccccc2[C@@H]1c1ccccc1. The van der Waals surface area contributed by atoms with E-state index in [0.29, 0.717) is 5.92 Å². The van der Waals surface area contributed by atoms with Crippen LogP contribution in [0.1, 0.15) is 24.0 Å². The lowest BCUT2D eigenvalue weighted by Gasteiger charge is -2.14. The molecule has 2 atom stereocenters. The first-order valence-corrected chi connectivity index (χ1v) is 5.67. The van der Waals surface area contributed by atoms with E-state index in [-0.39, 0.29) is 6.10 Å². The first-order valence-electron chi connectivity index (χ1n) is 5.67. The summed E-state index contributed by atoms with van der Waals surface area (Å²) in [5.41, 5.74) is 2.64. The first-order chi connectivity index (χ1) is 7.86. The smallest absolute Gasteiger partial charge is 0.123 e. The Hall–Kier alpha value is -1.76. The number of fused-ring (bicyclic) bond motifs is 1. The van der Waals surface area contributed by atoms with E-state index in [4.69, 9.17) is 4.74 Å². The largest absolute Gasteiger partial charge is 0.489 e. The summed E-state index contributed by atoms with van der Waals surface area (Å²) in [6.45, 7) is 2.14. The van der Waals surface area contributed by atoms with Gasteiger partial charge in [-0.15, -0.1) is 0 Å². The lowest BCUT2D eigenvalue weighted by Crippen LogP contribution is -2.14. The Morgan fingerprint density at radius 3 is 2.38 bits per heavy atom. The lowest BCUT2D eigenvalue weighted by molar-refractivity contribution is 0.239. The van der Waals surface area contributed by atoms with E-state index in [0.717, 1.165) is 5.75 Å². The number of benzene rings is 2. The first kappa shape index (κ1) is 9.46. The third-order valence-electron chi connectivity index (χ3n) is 3.20. The Morgan fingerprint density at radius 2 is 1.56 bits per heavy atom. The highest BCUT2D eigenvalue weighted by Gasteiger charge is 2.31. The van der Waals surface area contributed by atoms with Gasteiger partial charge in [-0.05, 0) is 18.6 Å². The highest BCUT2D eigenvalue weighted by atomic mass is 16.5. The number of hydrogen-bond donors (Lipinski definition) is 0. The van der Waals surface area contributed by atoms with E-state index in [1.807, 2.05) is 6.07 Å². The van der Waals surface area contributed by atoms with Gasteiger partial charge in [0.2, 0.25) is 0 Å². The Balaban J connectivity index is 2.09. The molecule has 0 saturated carbocycles. The number of rotatable bonds is 1. The highest BCUT2D eigenvalue weighted by Crippen LogP contribution is 2.41. The molecule has 2 aromatic rings. The molecule has 0 radical (unpaired) electrons. The van der Waals surface area contributed by atoms with Crippen molar-refractivity contribution in [1.82, 2.24) is 0 Å². The van der Waals surface area contributed by atoms with Crippen LogP contribution in [0.3, 0.4) is 0 Å². The molecule has 0 bridgehead atoms. The van der Waals surface area contributed by atoms with Gasteiger partial charge in [-0.1, -0.05) is 48.5 Å². The van der Waals surface area contributed by atoms with Crippen LogP contribution in [0.15, 0.2) is 54.6 Å². The van der Waals surface area contributed by atoms with E-state index in [9.17, 15) is 0 Å². The van der Waals surface area contributed by atoms with E-state index >= 15 is 0 Å². The molecule has 3 rings (SSSR count). The maximum absolute atomic E-state index is 5.87. The number of ether oxygens (including phenoxy) is 1. The minimum atomic E-state index is 0.222. The average molecular weight is 210 g/mol. The van der Waals surface area contributed by atoms with Gasteiger partial charge >= 0.3 is 0 Å². The van der Waals surface area contributed by atoms with Crippen LogP contribution in [0, 0.1) is 0 Å². The minimum absolute atomic E-state index is 0.222. The summed E-state index contributed by atoms with van der Waals surface area (Å²) in [4.78, 5) is 0. The quantitative estimate of drug-likeness (QED) is 0.698. The molecule has 0 N–H and O–H groups in total. The van der Waals surface area contributed by atoms with E-state index in [1.54, 1.807) is 0 Å². The maximum Gasteiger partial charge on any atom is 0.123 e. The summed E-state index contributed by atoms with van der Waals surface area (Å²) in [5, 5.41) is 0. The van der Waals surface area contributed by atoms with Gasteiger partial charge in [0.1, 0.15) is 11.9 Å². The molecule has 0 amide bonds. The van der Waals surface area contributed by atoms with Gasteiger partial charge in [-0.3, -0.25) is 0 Å². The molecule has 0 saturated heterocycles. The highest BCUT2D eigenvalue weighted by molar-refractivity contribution is 5.46. The molecule has 1 nitrogen and oxygen atoms in total. The van der Waals surface area contributed by atoms with Crippen molar-refractivity contribution < 1.29 is 4.74 Å². The fourth-order valence-corrected chi connectivity index (χ4v) is 2.48. The summed E-state index contributed by atoms with van der Waals surface area (Å²) >= 11 is 0. The second kappa shape index (κ2) is 3.67. The molecule has 0 spiro atoms. The molecule has 0 aliphatic carbocycles. The molecular weight excluding hydrogens is 196 g/mol. The monoisotopic (exact) mass is 210 g/mol. The molecule has 80 valence electrons. The zero-order chi connectivity index (χ0) is 11.0. The van der Waals surface area contributed by atoms with Crippen molar-refractivity contribution in [2.24, 2.45) is 0 Å². The van der Waals surface area contributed by atoms with Crippen molar-refractivity contribution in [3.05, 3.63) is 65.7 Å². The van der Waals surface area contributed by atoms with Gasteiger partial charge in [0.15, 0.2) is 0 Å². The molecule has 1 heteroatoms. The van der Waals surface area contributed by atoms with Crippen molar-refractivity contribution in [1.29, 1.82) is 0 Å². The molecule has 2 aromatic carbocycles. The third kappa shape index (κ3) is 1.40. The molecular formula is C15H14O.